The molecular formula is C22H19NO6. The number of carbonyl (C=O) groups excluding carboxylic acids is 3. The van der Waals surface area contributed by atoms with Crippen LogP contribution >= 0.6 is 0 Å². The number of nitro groups is 1. The fraction of sp³-hybridized carbons (Fsp3) is 0.0455. The molecule has 0 unspecified atom stereocenters. The third-order valence-electron chi connectivity index (χ3n) is 3.43. The highest BCUT2D eigenvalue weighted by molar-refractivity contribution is 5.75. The van der Waals surface area contributed by atoms with Gasteiger partial charge in [0.15, 0.2) is 0 Å². The number of nitro benzene ring substituents is 1. The number of nitrogens with zero attached hydrogens (tertiary/aromatic N) is 1. The van der Waals surface area contributed by atoms with Crippen LogP contribution < -0.4 is 4.74 Å². The van der Waals surface area contributed by atoms with E-state index in [9.17, 15) is 24.5 Å². The van der Waals surface area contributed by atoms with Crippen LogP contribution in [0.15, 0.2) is 78.9 Å². The van der Waals surface area contributed by atoms with E-state index in [1.807, 2.05) is 18.2 Å². The van der Waals surface area contributed by atoms with Gasteiger partial charge in [-0.3, -0.25) is 24.5 Å². The van der Waals surface area contributed by atoms with Crippen LogP contribution in [0, 0.1) is 10.1 Å². The molecule has 0 spiro atoms. The smallest absolute Gasteiger partial charge is 0.269 e. The summed E-state index contributed by atoms with van der Waals surface area (Å²) in [6.07, 6.45) is 2.28. The molecule has 3 aromatic carbocycles. The number of rotatable bonds is 5. The first-order chi connectivity index (χ1) is 14.0. The predicted molar refractivity (Wildman–Crippen MR) is 109 cm³/mol. The topological polar surface area (TPSA) is 104 Å². The fourth-order valence-corrected chi connectivity index (χ4v) is 1.89. The van der Waals surface area contributed by atoms with Gasteiger partial charge in [0.1, 0.15) is 24.6 Å². The van der Waals surface area contributed by atoms with Crippen molar-refractivity contribution in [2.24, 2.45) is 0 Å². The molecule has 0 aliphatic rings. The molecule has 0 saturated carbocycles. The fourth-order valence-electron chi connectivity index (χ4n) is 1.89. The van der Waals surface area contributed by atoms with Crippen LogP contribution in [0.1, 0.15) is 31.1 Å². The molecule has 0 fully saturated rings. The molecule has 7 heteroatoms. The highest BCUT2D eigenvalue weighted by atomic mass is 16.6. The number of non-ortho nitro benzene ring substituents is 1. The van der Waals surface area contributed by atoms with Crippen LogP contribution in [0.2, 0.25) is 0 Å². The van der Waals surface area contributed by atoms with Gasteiger partial charge in [0.2, 0.25) is 0 Å². The van der Waals surface area contributed by atoms with Crippen molar-refractivity contribution in [1.82, 2.24) is 0 Å². The number of methoxy groups -OCH3 is 1. The Morgan fingerprint density at radius 2 is 1.10 bits per heavy atom. The van der Waals surface area contributed by atoms with E-state index in [2.05, 4.69) is 0 Å². The number of aldehydes is 3. The number of carbonyl (C=O) groups is 3. The molecule has 0 aliphatic heterocycles. The number of hydrogen-bond acceptors (Lipinski definition) is 6. The van der Waals surface area contributed by atoms with Crippen LogP contribution in [0.25, 0.3) is 0 Å². The molecule has 0 atom stereocenters. The second kappa shape index (κ2) is 13.1. The SMILES string of the molecule is COc1ccc(C=O)cc1.O=Cc1ccc([N+](=O)[O-])cc1.O=Cc1ccccc1. The van der Waals surface area contributed by atoms with Gasteiger partial charge in [0.05, 0.1) is 12.0 Å². The molecule has 3 aromatic rings. The lowest BCUT2D eigenvalue weighted by Crippen LogP contribution is -1.87. The molecule has 0 bridgehead atoms. The molecule has 0 N–H and O–H groups in total. The van der Waals surface area contributed by atoms with Crippen LogP contribution in [-0.2, 0) is 0 Å². The van der Waals surface area contributed by atoms with E-state index in [0.29, 0.717) is 17.4 Å². The first-order valence-electron chi connectivity index (χ1n) is 8.33. The van der Waals surface area contributed by atoms with Gasteiger partial charge < -0.3 is 4.74 Å². The van der Waals surface area contributed by atoms with E-state index in [4.69, 9.17) is 4.74 Å². The van der Waals surface area contributed by atoms with E-state index >= 15 is 0 Å². The van der Waals surface area contributed by atoms with E-state index in [-0.39, 0.29) is 5.69 Å². The lowest BCUT2D eigenvalue weighted by molar-refractivity contribution is -0.384. The van der Waals surface area contributed by atoms with Crippen LogP contribution in [0.5, 0.6) is 5.75 Å². The summed E-state index contributed by atoms with van der Waals surface area (Å²) in [5.41, 5.74) is 1.83. The van der Waals surface area contributed by atoms with Gasteiger partial charge in [-0.15, -0.1) is 0 Å². The maximum absolute atomic E-state index is 10.2. The molecule has 148 valence electrons. The van der Waals surface area contributed by atoms with E-state index in [1.54, 1.807) is 43.5 Å². The Hall–Kier alpha value is -4.13. The predicted octanol–water partition coefficient (Wildman–Crippen LogP) is 4.41. The summed E-state index contributed by atoms with van der Waals surface area (Å²) in [7, 11) is 1.59. The third kappa shape index (κ3) is 8.87. The van der Waals surface area contributed by atoms with Gasteiger partial charge >= 0.3 is 0 Å². The minimum absolute atomic E-state index is 0.00407. The van der Waals surface area contributed by atoms with E-state index in [0.717, 1.165) is 23.9 Å². The molecule has 7 nitrogen and oxygen atoms in total. The van der Waals surface area contributed by atoms with Gasteiger partial charge in [-0.1, -0.05) is 30.3 Å². The maximum atomic E-state index is 10.2. The van der Waals surface area contributed by atoms with Crippen molar-refractivity contribution in [3.8, 4) is 5.75 Å². The Morgan fingerprint density at radius 1 is 0.690 bits per heavy atom. The van der Waals surface area contributed by atoms with Crippen molar-refractivity contribution >= 4 is 24.5 Å². The highest BCUT2D eigenvalue weighted by Gasteiger charge is 2.02. The van der Waals surface area contributed by atoms with Crippen LogP contribution in [0.3, 0.4) is 0 Å². The Kier molecular flexibility index (Phi) is 10.4. The van der Waals surface area contributed by atoms with Crippen molar-refractivity contribution < 1.29 is 24.0 Å². The number of benzene rings is 3. The standard InChI is InChI=1S/C8H8O2.C7H5NO3.C7H6O/c1-10-8-4-2-7(6-9)3-5-8;9-5-6-1-3-7(4-2-6)8(10)11;8-6-7-4-2-1-3-5-7/h2-6H,1H3;1-5H;1-6H. The quantitative estimate of drug-likeness (QED) is 0.361. The summed E-state index contributed by atoms with van der Waals surface area (Å²) < 4.78 is 4.90. The molecule has 29 heavy (non-hydrogen) atoms. The minimum atomic E-state index is -0.505. The summed E-state index contributed by atoms with van der Waals surface area (Å²) in [6.45, 7) is 0. The van der Waals surface area contributed by atoms with Crippen LogP contribution in [-0.4, -0.2) is 30.9 Å². The zero-order valence-electron chi connectivity index (χ0n) is 15.6. The molecule has 0 saturated heterocycles. The normalized spacial score (nSPS) is 8.86. The van der Waals surface area contributed by atoms with Crippen molar-refractivity contribution in [3.05, 3.63) is 106 Å². The number of ether oxygens (including phenoxy) is 1. The first-order valence-corrected chi connectivity index (χ1v) is 8.33. The molecule has 0 heterocycles. The summed E-state index contributed by atoms with van der Waals surface area (Å²) >= 11 is 0. The largest absolute Gasteiger partial charge is 0.497 e. The minimum Gasteiger partial charge on any atom is -0.497 e. The molecular weight excluding hydrogens is 374 g/mol. The zero-order valence-corrected chi connectivity index (χ0v) is 15.6. The van der Waals surface area contributed by atoms with Gasteiger partial charge in [-0.2, -0.15) is 0 Å². The Bertz CT molecular complexity index is 906. The lowest BCUT2D eigenvalue weighted by atomic mass is 10.2. The van der Waals surface area contributed by atoms with E-state index in [1.165, 1.54) is 24.3 Å². The van der Waals surface area contributed by atoms with Gasteiger partial charge in [-0.25, -0.2) is 0 Å². The molecule has 3 rings (SSSR count). The van der Waals surface area contributed by atoms with Crippen molar-refractivity contribution in [3.63, 3.8) is 0 Å². The maximum Gasteiger partial charge on any atom is 0.269 e. The molecule has 0 aromatic heterocycles. The van der Waals surface area contributed by atoms with Crippen molar-refractivity contribution in [2.45, 2.75) is 0 Å². The number of hydrogen-bond donors (Lipinski definition) is 0. The lowest BCUT2D eigenvalue weighted by Gasteiger charge is -1.96. The Morgan fingerprint density at radius 3 is 1.45 bits per heavy atom. The second-order valence-corrected chi connectivity index (χ2v) is 5.39. The van der Waals surface area contributed by atoms with E-state index < -0.39 is 4.92 Å². The molecule has 0 radical (unpaired) electrons. The molecule has 0 aliphatic carbocycles. The van der Waals surface area contributed by atoms with Crippen LogP contribution in [0.4, 0.5) is 5.69 Å². The summed E-state index contributed by atoms with van der Waals surface area (Å²) in [4.78, 5) is 39.9. The average Bonchev–Trinajstić information content (AvgIpc) is 2.80. The summed E-state index contributed by atoms with van der Waals surface area (Å²) in [5, 5.41) is 10.1. The second-order valence-electron chi connectivity index (χ2n) is 5.39. The van der Waals surface area contributed by atoms with Gasteiger partial charge in [0, 0.05) is 28.8 Å². The molecule has 0 amide bonds. The Balaban J connectivity index is 0.000000220. The van der Waals surface area contributed by atoms with Gasteiger partial charge in [-0.05, 0) is 36.4 Å². The first kappa shape index (κ1) is 22.9. The monoisotopic (exact) mass is 393 g/mol. The summed E-state index contributed by atoms with van der Waals surface area (Å²) in [6, 6.07) is 21.4. The third-order valence-corrected chi connectivity index (χ3v) is 3.43. The van der Waals surface area contributed by atoms with Crippen molar-refractivity contribution in [2.75, 3.05) is 7.11 Å². The summed E-state index contributed by atoms with van der Waals surface area (Å²) in [5.74, 6) is 0.769. The average molecular weight is 393 g/mol. The van der Waals surface area contributed by atoms with Gasteiger partial charge in [0.25, 0.3) is 5.69 Å². The highest BCUT2D eigenvalue weighted by Crippen LogP contribution is 2.10. The zero-order chi connectivity index (χ0) is 21.5. The van der Waals surface area contributed by atoms with Crippen molar-refractivity contribution in [1.29, 1.82) is 0 Å². The Labute approximate surface area is 167 Å².